The van der Waals surface area contributed by atoms with Gasteiger partial charge in [-0.1, -0.05) is 0 Å². The molecule has 9 heteroatoms. The molecule has 2 aliphatic heterocycles. The molecule has 5 nitrogen and oxygen atoms in total. The van der Waals surface area contributed by atoms with Gasteiger partial charge in [-0.3, -0.25) is 4.79 Å². The number of carbonyl (C=O) groups excluding carboxylic acids is 1. The average molecular weight is 346 g/mol. The molecule has 3 rings (SSSR count). The molecule has 0 spiro atoms. The van der Waals surface area contributed by atoms with Crippen molar-refractivity contribution in [1.82, 2.24) is 9.88 Å². The number of nitrogens with zero attached hydrogens (tertiary/aromatic N) is 4. The quantitative estimate of drug-likeness (QED) is 0.843. The Morgan fingerprint density at radius 1 is 1.30 bits per heavy atom. The molecule has 0 unspecified atom stereocenters. The van der Waals surface area contributed by atoms with Gasteiger partial charge in [0.25, 0.3) is 5.66 Å². The van der Waals surface area contributed by atoms with Gasteiger partial charge in [0.05, 0.1) is 17.1 Å². The molecule has 3 heterocycles. The summed E-state index contributed by atoms with van der Waals surface area (Å²) < 4.78 is 39.0. The van der Waals surface area contributed by atoms with Crippen molar-refractivity contribution in [3.8, 4) is 0 Å². The molecule has 0 saturated carbocycles. The van der Waals surface area contributed by atoms with E-state index in [4.69, 9.17) is 0 Å². The molecule has 1 amide bonds. The predicted molar refractivity (Wildman–Crippen MR) is 78.2 cm³/mol. The van der Waals surface area contributed by atoms with Crippen LogP contribution >= 0.6 is 11.3 Å². The Bertz CT molecular complexity index is 641. The summed E-state index contributed by atoms with van der Waals surface area (Å²) in [7, 11) is 0. The fourth-order valence-electron chi connectivity index (χ4n) is 3.08. The first-order valence-corrected chi connectivity index (χ1v) is 8.26. The number of rotatable bonds is 3. The lowest BCUT2D eigenvalue weighted by Crippen LogP contribution is -2.47. The summed E-state index contributed by atoms with van der Waals surface area (Å²) in [5, 5.41) is 7.45. The van der Waals surface area contributed by atoms with Gasteiger partial charge < -0.3 is 4.90 Å². The Morgan fingerprint density at radius 2 is 1.91 bits per heavy atom. The van der Waals surface area contributed by atoms with E-state index in [9.17, 15) is 18.0 Å². The second-order valence-corrected chi connectivity index (χ2v) is 7.28. The number of hydrogen-bond acceptors (Lipinski definition) is 5. The van der Waals surface area contributed by atoms with Crippen molar-refractivity contribution >= 4 is 17.2 Å². The van der Waals surface area contributed by atoms with Gasteiger partial charge in [0.2, 0.25) is 5.91 Å². The summed E-state index contributed by atoms with van der Waals surface area (Å²) in [5.74, 6) is -0.708. The summed E-state index contributed by atoms with van der Waals surface area (Å²) in [4.78, 5) is 19.2. The van der Waals surface area contributed by atoms with E-state index in [2.05, 4.69) is 15.2 Å². The van der Waals surface area contributed by atoms with E-state index in [0.29, 0.717) is 13.1 Å². The van der Waals surface area contributed by atoms with Crippen LogP contribution in [0.25, 0.3) is 0 Å². The number of hydrogen-bond donors (Lipinski definition) is 0. The second-order valence-electron chi connectivity index (χ2n) is 6.00. The highest BCUT2D eigenvalue weighted by molar-refractivity contribution is 7.11. The Balaban J connectivity index is 1.57. The number of halogens is 3. The fraction of sp³-hybridized carbons (Fsp3) is 0.714. The lowest BCUT2D eigenvalue weighted by atomic mass is 9.86. The van der Waals surface area contributed by atoms with Crippen LogP contribution in [0.5, 0.6) is 0 Å². The highest BCUT2D eigenvalue weighted by atomic mass is 32.1. The maximum absolute atomic E-state index is 13.0. The van der Waals surface area contributed by atoms with Crippen LogP contribution in [0.1, 0.15) is 28.4 Å². The van der Waals surface area contributed by atoms with Gasteiger partial charge in [-0.15, -0.1) is 21.6 Å². The largest absolute Gasteiger partial charge is 0.437 e. The Hall–Kier alpha value is -1.51. The third-order valence-corrected chi connectivity index (χ3v) is 5.53. The number of likely N-dealkylation sites (tertiary alicyclic amines) is 1. The molecular formula is C14H17F3N4OS. The molecule has 0 N–H and O–H groups in total. The number of aryl methyl sites for hydroxylation is 2. The lowest BCUT2D eigenvalue weighted by Gasteiger charge is -2.34. The van der Waals surface area contributed by atoms with Crippen molar-refractivity contribution < 1.29 is 18.0 Å². The Morgan fingerprint density at radius 3 is 2.35 bits per heavy atom. The monoisotopic (exact) mass is 346 g/mol. The molecule has 1 saturated heterocycles. The van der Waals surface area contributed by atoms with Gasteiger partial charge in [-0.2, -0.15) is 13.2 Å². The Labute approximate surface area is 135 Å². The molecule has 0 radical (unpaired) electrons. The number of alkyl halides is 3. The summed E-state index contributed by atoms with van der Waals surface area (Å²) in [5.41, 5.74) is -1.35. The summed E-state index contributed by atoms with van der Waals surface area (Å²) in [6, 6.07) is 0. The normalized spacial score (nSPS) is 20.8. The van der Waals surface area contributed by atoms with Crippen molar-refractivity contribution in [1.29, 1.82) is 0 Å². The number of amides is 1. The van der Waals surface area contributed by atoms with Gasteiger partial charge in [0.1, 0.15) is 0 Å². The van der Waals surface area contributed by atoms with E-state index in [1.54, 1.807) is 4.90 Å². The van der Waals surface area contributed by atoms with Crippen LogP contribution in [-0.2, 0) is 11.2 Å². The fourth-order valence-corrected chi connectivity index (χ4v) is 4.01. The molecule has 0 bridgehead atoms. The van der Waals surface area contributed by atoms with Crippen molar-refractivity contribution in [2.45, 2.75) is 44.9 Å². The van der Waals surface area contributed by atoms with Crippen LogP contribution in [0.2, 0.25) is 0 Å². The zero-order valence-corrected chi connectivity index (χ0v) is 13.7. The molecule has 1 fully saturated rings. The number of carbonyl (C=O) groups is 1. The van der Waals surface area contributed by atoms with Crippen molar-refractivity contribution in [3.05, 3.63) is 15.6 Å². The minimum atomic E-state index is -4.43. The van der Waals surface area contributed by atoms with Crippen LogP contribution in [0, 0.1) is 19.8 Å². The zero-order valence-electron chi connectivity index (χ0n) is 12.9. The third-order valence-electron chi connectivity index (χ3n) is 4.46. The minimum Gasteiger partial charge on any atom is -0.342 e. The van der Waals surface area contributed by atoms with E-state index in [1.165, 1.54) is 11.3 Å². The third kappa shape index (κ3) is 2.98. The maximum atomic E-state index is 13.0. The van der Waals surface area contributed by atoms with E-state index in [1.807, 2.05) is 13.8 Å². The Kier molecular flexibility index (Phi) is 3.94. The van der Waals surface area contributed by atoms with E-state index < -0.39 is 17.8 Å². The summed E-state index contributed by atoms with van der Waals surface area (Å²) in [6.45, 7) is 4.39. The lowest BCUT2D eigenvalue weighted by molar-refractivity contribution is -0.180. The summed E-state index contributed by atoms with van der Waals surface area (Å²) >= 11 is 1.49. The molecule has 1 aromatic rings. The van der Waals surface area contributed by atoms with Crippen LogP contribution in [0.15, 0.2) is 10.2 Å². The highest BCUT2D eigenvalue weighted by Gasteiger charge is 2.68. The molecule has 23 heavy (non-hydrogen) atoms. The van der Waals surface area contributed by atoms with Crippen molar-refractivity contribution in [3.63, 3.8) is 0 Å². The van der Waals surface area contributed by atoms with Gasteiger partial charge in [-0.25, -0.2) is 4.98 Å². The average Bonchev–Trinajstić information content (AvgIpc) is 3.22. The number of aromatic nitrogens is 1. The first-order valence-electron chi connectivity index (χ1n) is 7.44. The molecule has 1 aromatic heterocycles. The van der Waals surface area contributed by atoms with Gasteiger partial charge in [0, 0.05) is 23.9 Å². The molecule has 0 aromatic carbocycles. The van der Waals surface area contributed by atoms with Crippen LogP contribution in [-0.4, -0.2) is 40.7 Å². The molecule has 0 atom stereocenters. The van der Waals surface area contributed by atoms with Gasteiger partial charge in [-0.05, 0) is 26.7 Å². The van der Waals surface area contributed by atoms with E-state index >= 15 is 0 Å². The first kappa shape index (κ1) is 16.4. The van der Waals surface area contributed by atoms with Crippen LogP contribution in [0.4, 0.5) is 13.2 Å². The topological polar surface area (TPSA) is 57.9 Å². The standard InChI is InChI=1S/C14H17F3N4OS/c1-8-11(23-9(2)18-8)7-12(22)21-5-3-10(4-6-21)13(19-20-13)14(15,16)17/h10H,3-7H2,1-2H3. The minimum absolute atomic E-state index is 0.0547. The predicted octanol–water partition coefficient (Wildman–Crippen LogP) is 3.27. The second kappa shape index (κ2) is 5.54. The van der Waals surface area contributed by atoms with E-state index in [0.717, 1.165) is 15.6 Å². The van der Waals surface area contributed by atoms with Crippen LogP contribution in [0.3, 0.4) is 0 Å². The smallest absolute Gasteiger partial charge is 0.342 e. The zero-order chi connectivity index (χ0) is 16.8. The maximum Gasteiger partial charge on any atom is 0.437 e. The highest BCUT2D eigenvalue weighted by Crippen LogP contribution is 2.52. The van der Waals surface area contributed by atoms with Gasteiger partial charge in [0.15, 0.2) is 0 Å². The van der Waals surface area contributed by atoms with Crippen molar-refractivity contribution in [2.75, 3.05) is 13.1 Å². The van der Waals surface area contributed by atoms with Crippen molar-refractivity contribution in [2.24, 2.45) is 16.1 Å². The SMILES string of the molecule is Cc1nc(C)c(CC(=O)N2CCC(C3(C(F)(F)F)N=N3)CC2)s1. The number of piperidine rings is 1. The number of thiazole rings is 1. The first-order chi connectivity index (χ1) is 10.7. The molecule has 2 aliphatic rings. The van der Waals surface area contributed by atoms with Crippen LogP contribution < -0.4 is 0 Å². The molecule has 126 valence electrons. The molecular weight excluding hydrogens is 329 g/mol. The molecule has 0 aliphatic carbocycles. The van der Waals surface area contributed by atoms with Gasteiger partial charge >= 0.3 is 6.18 Å². The summed E-state index contributed by atoms with van der Waals surface area (Å²) in [6.07, 6.45) is -3.61. The van der Waals surface area contributed by atoms with E-state index in [-0.39, 0.29) is 25.2 Å².